The molecule has 0 saturated carbocycles. The van der Waals surface area contributed by atoms with Crippen molar-refractivity contribution >= 4 is 49.7 Å². The Kier molecular flexibility index (Phi) is 2.90. The molecule has 0 unspecified atom stereocenters. The zero-order chi connectivity index (χ0) is 14.3. The van der Waals surface area contributed by atoms with Gasteiger partial charge in [0.15, 0.2) is 10.9 Å². The summed E-state index contributed by atoms with van der Waals surface area (Å²) in [5.74, 6) is 0.697. The van der Waals surface area contributed by atoms with Crippen molar-refractivity contribution in [3.05, 3.63) is 6.33 Å². The highest BCUT2D eigenvalue weighted by molar-refractivity contribution is 7.22. The first kappa shape index (κ1) is 12.6. The van der Waals surface area contributed by atoms with Gasteiger partial charge < -0.3 is 15.2 Å². The molecule has 2 amide bonds. The molecule has 20 heavy (non-hydrogen) atoms. The van der Waals surface area contributed by atoms with Crippen LogP contribution < -0.4 is 16.0 Å². The number of carbonyl (C=O) groups excluding carboxylic acids is 1. The number of fused-ring (bicyclic) bond motifs is 3. The van der Waals surface area contributed by atoms with Gasteiger partial charge in [-0.15, -0.1) is 0 Å². The number of hydrogen-bond donors (Lipinski definition) is 3. The van der Waals surface area contributed by atoms with Crippen molar-refractivity contribution < 1.29 is 4.79 Å². The second-order valence-electron chi connectivity index (χ2n) is 4.14. The molecule has 8 nitrogen and oxygen atoms in total. The minimum atomic E-state index is -0.306. The van der Waals surface area contributed by atoms with E-state index in [9.17, 15) is 4.79 Å². The SMILES string of the molecule is CNC(=O)Nc1nc2c(nc(NC)c3ncn(C)c32)s1. The fourth-order valence-electron chi connectivity index (χ4n) is 1.97. The number of rotatable bonds is 2. The minimum Gasteiger partial charge on any atom is -0.371 e. The molecule has 0 aromatic carbocycles. The summed E-state index contributed by atoms with van der Waals surface area (Å²) < 4.78 is 1.89. The molecule has 9 heteroatoms. The van der Waals surface area contributed by atoms with Gasteiger partial charge in [0.25, 0.3) is 0 Å². The quantitative estimate of drug-likeness (QED) is 0.662. The van der Waals surface area contributed by atoms with Crippen LogP contribution in [0.1, 0.15) is 0 Å². The van der Waals surface area contributed by atoms with Crippen LogP contribution in [0.4, 0.5) is 15.7 Å². The largest absolute Gasteiger partial charge is 0.371 e. The molecule has 0 fully saturated rings. The molecule has 3 aromatic heterocycles. The summed E-state index contributed by atoms with van der Waals surface area (Å²) in [7, 11) is 5.26. The molecular weight excluding hydrogens is 278 g/mol. The topological polar surface area (TPSA) is 96.8 Å². The highest BCUT2D eigenvalue weighted by Crippen LogP contribution is 2.32. The van der Waals surface area contributed by atoms with Crippen LogP contribution in [-0.2, 0) is 7.05 Å². The Labute approximate surface area is 118 Å². The number of anilines is 2. The van der Waals surface area contributed by atoms with Gasteiger partial charge >= 0.3 is 6.03 Å². The number of hydrogen-bond acceptors (Lipinski definition) is 6. The number of pyridine rings is 1. The van der Waals surface area contributed by atoms with E-state index in [-0.39, 0.29) is 6.03 Å². The Morgan fingerprint density at radius 2 is 2.10 bits per heavy atom. The lowest BCUT2D eigenvalue weighted by atomic mass is 10.3. The average molecular weight is 291 g/mol. The number of aryl methyl sites for hydroxylation is 1. The van der Waals surface area contributed by atoms with Gasteiger partial charge in [0, 0.05) is 21.1 Å². The minimum absolute atomic E-state index is 0.306. The molecule has 0 aliphatic carbocycles. The smallest absolute Gasteiger partial charge is 0.320 e. The summed E-state index contributed by atoms with van der Waals surface area (Å²) in [5, 5.41) is 8.68. The summed E-state index contributed by atoms with van der Waals surface area (Å²) in [5.41, 5.74) is 2.38. The lowest BCUT2D eigenvalue weighted by Crippen LogP contribution is -2.24. The third-order valence-electron chi connectivity index (χ3n) is 2.89. The molecule has 3 aromatic rings. The van der Waals surface area contributed by atoms with E-state index >= 15 is 0 Å². The summed E-state index contributed by atoms with van der Waals surface area (Å²) in [4.78, 5) is 25.4. The van der Waals surface area contributed by atoms with Gasteiger partial charge in [-0.1, -0.05) is 11.3 Å². The monoisotopic (exact) mass is 291 g/mol. The fraction of sp³-hybridized carbons (Fsp3) is 0.273. The summed E-state index contributed by atoms with van der Waals surface area (Å²) in [6.45, 7) is 0. The van der Waals surface area contributed by atoms with Gasteiger partial charge in [-0.3, -0.25) is 5.32 Å². The predicted octanol–water partition coefficient (Wildman–Crippen LogP) is 1.37. The Morgan fingerprint density at radius 1 is 1.30 bits per heavy atom. The second kappa shape index (κ2) is 4.60. The molecule has 0 spiro atoms. The molecular formula is C11H13N7OS. The molecule has 0 radical (unpaired) electrons. The summed E-state index contributed by atoms with van der Waals surface area (Å²) in [6.07, 6.45) is 1.72. The summed E-state index contributed by atoms with van der Waals surface area (Å²) >= 11 is 1.32. The van der Waals surface area contributed by atoms with Crippen LogP contribution in [0.3, 0.4) is 0 Å². The number of amides is 2. The van der Waals surface area contributed by atoms with Crippen LogP contribution in [0.15, 0.2) is 6.33 Å². The van der Waals surface area contributed by atoms with Crippen LogP contribution in [0.2, 0.25) is 0 Å². The normalized spacial score (nSPS) is 10.9. The predicted molar refractivity (Wildman–Crippen MR) is 79.3 cm³/mol. The number of thiazole rings is 1. The molecule has 104 valence electrons. The van der Waals surface area contributed by atoms with Gasteiger partial charge in [-0.05, 0) is 0 Å². The standard InChI is InChI=1S/C11H13N7OS/c1-12-8-5-7(18(3)4-14-5)6-9(16-8)20-11(15-6)17-10(19)13-2/h4H,1-3H3,(H,12,16)(H2,13,15,17,19). The first-order valence-corrected chi connectivity index (χ1v) is 6.73. The molecule has 3 rings (SSSR count). The zero-order valence-corrected chi connectivity index (χ0v) is 12.0. The maximum atomic E-state index is 11.4. The number of carbonyl (C=O) groups is 1. The van der Waals surface area contributed by atoms with Crippen molar-refractivity contribution in [2.75, 3.05) is 24.7 Å². The molecule has 0 bridgehead atoms. The maximum absolute atomic E-state index is 11.4. The van der Waals surface area contributed by atoms with Gasteiger partial charge in [-0.2, -0.15) is 0 Å². The van der Waals surface area contributed by atoms with Crippen molar-refractivity contribution in [3.63, 3.8) is 0 Å². The third-order valence-corrected chi connectivity index (χ3v) is 3.76. The lowest BCUT2D eigenvalue weighted by Gasteiger charge is -2.01. The average Bonchev–Trinajstić information content (AvgIpc) is 3.00. The van der Waals surface area contributed by atoms with E-state index in [1.54, 1.807) is 20.4 Å². The van der Waals surface area contributed by atoms with Crippen molar-refractivity contribution in [2.24, 2.45) is 7.05 Å². The van der Waals surface area contributed by atoms with Gasteiger partial charge in [0.05, 0.1) is 6.33 Å². The summed E-state index contributed by atoms with van der Waals surface area (Å²) in [6, 6.07) is -0.306. The van der Waals surface area contributed by atoms with E-state index in [4.69, 9.17) is 0 Å². The van der Waals surface area contributed by atoms with Gasteiger partial charge in [0.1, 0.15) is 21.4 Å². The highest BCUT2D eigenvalue weighted by atomic mass is 32.1. The Morgan fingerprint density at radius 3 is 2.80 bits per heavy atom. The van der Waals surface area contributed by atoms with Crippen molar-refractivity contribution in [1.29, 1.82) is 0 Å². The van der Waals surface area contributed by atoms with E-state index in [0.717, 1.165) is 21.4 Å². The first-order valence-electron chi connectivity index (χ1n) is 5.92. The molecule has 3 heterocycles. The van der Waals surface area contributed by atoms with Crippen LogP contribution >= 0.6 is 11.3 Å². The molecule has 0 atom stereocenters. The third kappa shape index (κ3) is 1.83. The Hall–Kier alpha value is -2.42. The number of imidazole rings is 1. The van der Waals surface area contributed by atoms with Crippen molar-refractivity contribution in [1.82, 2.24) is 24.8 Å². The highest BCUT2D eigenvalue weighted by Gasteiger charge is 2.16. The molecule has 0 aliphatic heterocycles. The van der Waals surface area contributed by atoms with Crippen LogP contribution in [0.5, 0.6) is 0 Å². The van der Waals surface area contributed by atoms with E-state index in [0.29, 0.717) is 10.9 Å². The number of nitrogens with one attached hydrogen (secondary N) is 3. The van der Waals surface area contributed by atoms with Crippen molar-refractivity contribution in [3.8, 4) is 0 Å². The van der Waals surface area contributed by atoms with Gasteiger partial charge in [-0.25, -0.2) is 19.7 Å². The fourth-order valence-corrected chi connectivity index (χ4v) is 2.81. The second-order valence-corrected chi connectivity index (χ2v) is 5.12. The zero-order valence-electron chi connectivity index (χ0n) is 11.2. The van der Waals surface area contributed by atoms with E-state index in [1.807, 2.05) is 11.6 Å². The van der Waals surface area contributed by atoms with Crippen LogP contribution in [-0.4, -0.2) is 39.6 Å². The Balaban J connectivity index is 2.24. The van der Waals surface area contributed by atoms with Crippen LogP contribution in [0.25, 0.3) is 21.4 Å². The molecule has 0 aliphatic rings. The maximum Gasteiger partial charge on any atom is 0.320 e. The van der Waals surface area contributed by atoms with Crippen molar-refractivity contribution in [2.45, 2.75) is 0 Å². The molecule has 3 N–H and O–H groups in total. The van der Waals surface area contributed by atoms with E-state index in [2.05, 4.69) is 30.9 Å². The number of nitrogens with zero attached hydrogens (tertiary/aromatic N) is 4. The number of urea groups is 1. The molecule has 0 saturated heterocycles. The first-order chi connectivity index (χ1) is 9.63. The number of aromatic nitrogens is 4. The Bertz CT molecular complexity index is 806. The van der Waals surface area contributed by atoms with E-state index in [1.165, 1.54) is 11.3 Å². The van der Waals surface area contributed by atoms with E-state index < -0.39 is 0 Å². The van der Waals surface area contributed by atoms with Crippen LogP contribution in [0, 0.1) is 0 Å². The lowest BCUT2D eigenvalue weighted by molar-refractivity contribution is 0.254. The van der Waals surface area contributed by atoms with Gasteiger partial charge in [0.2, 0.25) is 0 Å².